The number of methoxy groups -OCH3 is 1. The van der Waals surface area contributed by atoms with Gasteiger partial charge in [0.1, 0.15) is 0 Å². The van der Waals surface area contributed by atoms with E-state index in [1.54, 1.807) is 0 Å². The first kappa shape index (κ1) is 7.96. The molecular weight excluding hydrogens is 140 g/mol. The van der Waals surface area contributed by atoms with E-state index in [9.17, 15) is 5.11 Å². The fourth-order valence-electron chi connectivity index (χ4n) is 0.958. The molecule has 0 heterocycles. The Balaban J connectivity index is 3.06. The van der Waals surface area contributed by atoms with Crippen molar-refractivity contribution in [3.05, 3.63) is 28.9 Å². The third-order valence-corrected chi connectivity index (χ3v) is 1.85. The zero-order valence-corrected chi connectivity index (χ0v) is 7.01. The molecule has 11 heavy (non-hydrogen) atoms. The second-order valence-corrected chi connectivity index (χ2v) is 2.68. The molecule has 0 aliphatic heterocycles. The van der Waals surface area contributed by atoms with Crippen molar-refractivity contribution in [1.29, 1.82) is 0 Å². The monoisotopic (exact) mass is 152 g/mol. The summed E-state index contributed by atoms with van der Waals surface area (Å²) < 4.78 is 4.92. The van der Waals surface area contributed by atoms with Gasteiger partial charge in [-0.1, -0.05) is 12.7 Å². The maximum atomic E-state index is 9.25. The molecule has 0 spiro atoms. The van der Waals surface area contributed by atoms with Crippen molar-refractivity contribution in [3.63, 3.8) is 0 Å². The minimum atomic E-state index is 0.100. The van der Waals surface area contributed by atoms with Gasteiger partial charge in [0, 0.05) is 5.92 Å². The fourth-order valence-corrected chi connectivity index (χ4v) is 0.958. The van der Waals surface area contributed by atoms with Gasteiger partial charge in [-0.25, -0.2) is 0 Å². The quantitative estimate of drug-likeness (QED) is 0.583. The molecule has 1 unspecified atom stereocenters. The molecule has 1 N–H and O–H groups in total. The highest BCUT2D eigenvalue weighted by molar-refractivity contribution is 5.29. The molecule has 1 atom stereocenters. The van der Waals surface area contributed by atoms with Crippen LogP contribution >= 0.6 is 0 Å². The van der Waals surface area contributed by atoms with E-state index in [0.29, 0.717) is 11.7 Å². The minimum absolute atomic E-state index is 0.100. The van der Waals surface area contributed by atoms with Crippen molar-refractivity contribution in [2.24, 2.45) is 5.92 Å². The summed E-state index contributed by atoms with van der Waals surface area (Å²) in [7, 11) is 1.54. The lowest BCUT2D eigenvalue weighted by Crippen LogP contribution is -2.02. The second kappa shape index (κ2) is 2.85. The molecule has 2 heteroatoms. The first-order valence-corrected chi connectivity index (χ1v) is 3.57. The first-order valence-electron chi connectivity index (χ1n) is 3.57. The molecule has 1 rings (SSSR count). The number of hydrogen-bond acceptors (Lipinski definition) is 2. The van der Waals surface area contributed by atoms with E-state index in [1.807, 2.05) is 19.9 Å². The summed E-state index contributed by atoms with van der Waals surface area (Å²) in [5.74, 6) is 0.923. The van der Waals surface area contributed by atoms with Gasteiger partial charge >= 0.3 is 0 Å². The van der Waals surface area contributed by atoms with Crippen LogP contribution in [0, 0.1) is 5.92 Å². The van der Waals surface area contributed by atoms with Gasteiger partial charge in [0.05, 0.1) is 7.11 Å². The molecular formula is C9H12O2. The Kier molecular flexibility index (Phi) is 2.06. The predicted molar refractivity (Wildman–Crippen MR) is 43.1 cm³/mol. The standard InChI is InChI=1S/C9H12O2/c1-6-4-8(10)9(11-3)5-7(6)2/h5,7,10H,1-3H3. The Morgan fingerprint density at radius 2 is 2.27 bits per heavy atom. The molecule has 0 aromatic carbocycles. The fraction of sp³-hybridized carbons (Fsp3) is 0.444. The van der Waals surface area contributed by atoms with Crippen molar-refractivity contribution in [2.75, 3.05) is 7.11 Å². The van der Waals surface area contributed by atoms with Crippen LogP contribution in [0.25, 0.3) is 0 Å². The van der Waals surface area contributed by atoms with E-state index in [2.05, 4.69) is 5.73 Å². The molecule has 1 aliphatic rings. The number of rotatable bonds is 1. The zero-order valence-electron chi connectivity index (χ0n) is 7.01. The summed E-state index contributed by atoms with van der Waals surface area (Å²) in [6.45, 7) is 3.97. The summed E-state index contributed by atoms with van der Waals surface area (Å²) in [5.41, 5.74) is 3.86. The summed E-state index contributed by atoms with van der Waals surface area (Å²) in [6, 6.07) is 0. The van der Waals surface area contributed by atoms with Crippen LogP contribution in [-0.2, 0) is 4.74 Å². The van der Waals surface area contributed by atoms with Gasteiger partial charge in [-0.2, -0.15) is 0 Å². The molecule has 0 amide bonds. The summed E-state index contributed by atoms with van der Waals surface area (Å²) in [5, 5.41) is 9.25. The number of hydrogen-bond donors (Lipinski definition) is 1. The number of ether oxygens (including phenoxy) is 1. The van der Waals surface area contributed by atoms with E-state index >= 15 is 0 Å². The average molecular weight is 152 g/mol. The second-order valence-electron chi connectivity index (χ2n) is 2.68. The van der Waals surface area contributed by atoms with Crippen LogP contribution < -0.4 is 0 Å². The third kappa shape index (κ3) is 1.47. The summed E-state index contributed by atoms with van der Waals surface area (Å²) >= 11 is 0. The Hall–Kier alpha value is -1.14. The van der Waals surface area contributed by atoms with E-state index < -0.39 is 0 Å². The Morgan fingerprint density at radius 3 is 2.82 bits per heavy atom. The van der Waals surface area contributed by atoms with Gasteiger partial charge in [-0.3, -0.25) is 0 Å². The van der Waals surface area contributed by atoms with Crippen LogP contribution in [-0.4, -0.2) is 12.2 Å². The Labute approximate surface area is 66.5 Å². The average Bonchev–Trinajstić information content (AvgIpc) is 1.97. The van der Waals surface area contributed by atoms with Crippen molar-refractivity contribution in [3.8, 4) is 0 Å². The molecule has 0 saturated heterocycles. The van der Waals surface area contributed by atoms with Crippen molar-refractivity contribution in [1.82, 2.24) is 0 Å². The summed E-state index contributed by atoms with van der Waals surface area (Å²) in [4.78, 5) is 0. The SMILES string of the molecule is COC1=CC(C)C(C)=C=C1O. The molecule has 2 nitrogen and oxygen atoms in total. The smallest absolute Gasteiger partial charge is 0.202 e. The van der Waals surface area contributed by atoms with E-state index in [4.69, 9.17) is 4.74 Å². The minimum Gasteiger partial charge on any atom is -0.499 e. The van der Waals surface area contributed by atoms with Crippen LogP contribution in [0.15, 0.2) is 28.9 Å². The van der Waals surface area contributed by atoms with E-state index in [0.717, 1.165) is 5.57 Å². The number of aliphatic hydroxyl groups excluding tert-OH is 1. The lowest BCUT2D eigenvalue weighted by Gasteiger charge is -2.12. The number of aliphatic hydroxyl groups is 1. The Bertz CT molecular complexity index is 255. The largest absolute Gasteiger partial charge is 0.499 e. The third-order valence-electron chi connectivity index (χ3n) is 1.85. The molecule has 1 aliphatic carbocycles. The van der Waals surface area contributed by atoms with E-state index in [-0.39, 0.29) is 5.76 Å². The zero-order chi connectivity index (χ0) is 8.43. The van der Waals surface area contributed by atoms with Crippen LogP contribution in [0.3, 0.4) is 0 Å². The highest BCUT2D eigenvalue weighted by atomic mass is 16.5. The van der Waals surface area contributed by atoms with Gasteiger partial charge in [-0.15, -0.1) is 0 Å². The van der Waals surface area contributed by atoms with Crippen LogP contribution in [0.1, 0.15) is 13.8 Å². The molecule has 60 valence electrons. The van der Waals surface area contributed by atoms with Gasteiger partial charge < -0.3 is 9.84 Å². The molecule has 0 bridgehead atoms. The number of allylic oxidation sites excluding steroid dienone is 1. The van der Waals surface area contributed by atoms with Crippen LogP contribution in [0.5, 0.6) is 0 Å². The predicted octanol–water partition coefficient (Wildman–Crippen LogP) is 2.15. The molecule has 0 aromatic heterocycles. The van der Waals surface area contributed by atoms with Crippen molar-refractivity contribution >= 4 is 0 Å². The van der Waals surface area contributed by atoms with Gasteiger partial charge in [0.2, 0.25) is 5.76 Å². The molecule has 0 fully saturated rings. The topological polar surface area (TPSA) is 29.5 Å². The maximum absolute atomic E-state index is 9.25. The van der Waals surface area contributed by atoms with Crippen LogP contribution in [0.2, 0.25) is 0 Å². The Morgan fingerprint density at radius 1 is 1.64 bits per heavy atom. The molecule has 0 aromatic rings. The van der Waals surface area contributed by atoms with Crippen molar-refractivity contribution < 1.29 is 9.84 Å². The maximum Gasteiger partial charge on any atom is 0.202 e. The van der Waals surface area contributed by atoms with Crippen molar-refractivity contribution in [2.45, 2.75) is 13.8 Å². The highest BCUT2D eigenvalue weighted by Crippen LogP contribution is 2.21. The van der Waals surface area contributed by atoms with Gasteiger partial charge in [-0.05, 0) is 18.6 Å². The van der Waals surface area contributed by atoms with Gasteiger partial charge in [0.15, 0.2) is 5.76 Å². The lowest BCUT2D eigenvalue weighted by atomic mass is 9.99. The summed E-state index contributed by atoms with van der Waals surface area (Å²) in [6.07, 6.45) is 1.88. The van der Waals surface area contributed by atoms with Crippen LogP contribution in [0.4, 0.5) is 0 Å². The van der Waals surface area contributed by atoms with Gasteiger partial charge in [0.25, 0.3) is 0 Å². The first-order chi connectivity index (χ1) is 5.15. The normalized spacial score (nSPS) is 23.5. The molecule has 0 saturated carbocycles. The lowest BCUT2D eigenvalue weighted by molar-refractivity contribution is 0.252. The molecule has 0 radical (unpaired) electrons. The highest BCUT2D eigenvalue weighted by Gasteiger charge is 2.12. The van der Waals surface area contributed by atoms with E-state index in [1.165, 1.54) is 7.11 Å².